The van der Waals surface area contributed by atoms with E-state index in [1.165, 1.54) is 24.6 Å². The molecule has 1 aromatic carbocycles. The van der Waals surface area contributed by atoms with Gasteiger partial charge in [0.15, 0.2) is 0 Å². The molecule has 1 heterocycles. The molecule has 0 bridgehead atoms. The van der Waals surface area contributed by atoms with Crippen molar-refractivity contribution < 1.29 is 4.79 Å². The lowest BCUT2D eigenvalue weighted by atomic mass is 9.87. The van der Waals surface area contributed by atoms with Crippen molar-refractivity contribution in [3.05, 3.63) is 47.9 Å². The fourth-order valence-electron chi connectivity index (χ4n) is 2.21. The molecule has 120 valence electrons. The lowest BCUT2D eigenvalue weighted by Gasteiger charge is -2.19. The standard InChI is InChI=1S/C18H22N4O/c1-18(2,3)12-4-6-14(7-5-12)22-17(23)15-10-20-16(11-19-15)21-13-8-9-13/h4-7,10-11,13H,8-9H2,1-3H3,(H,20,21)(H,22,23). The molecule has 1 saturated carbocycles. The van der Waals surface area contributed by atoms with Crippen molar-refractivity contribution in [2.24, 2.45) is 0 Å². The zero-order chi connectivity index (χ0) is 16.4. The maximum atomic E-state index is 12.2. The number of aromatic nitrogens is 2. The first-order valence-corrected chi connectivity index (χ1v) is 7.92. The van der Waals surface area contributed by atoms with Gasteiger partial charge >= 0.3 is 0 Å². The number of anilines is 2. The molecule has 23 heavy (non-hydrogen) atoms. The van der Waals surface area contributed by atoms with Gasteiger partial charge in [0, 0.05) is 11.7 Å². The van der Waals surface area contributed by atoms with E-state index < -0.39 is 0 Å². The minimum atomic E-state index is -0.251. The van der Waals surface area contributed by atoms with Gasteiger partial charge in [-0.15, -0.1) is 0 Å². The van der Waals surface area contributed by atoms with Gasteiger partial charge in [0.1, 0.15) is 11.5 Å². The predicted octanol–water partition coefficient (Wildman–Crippen LogP) is 3.60. The number of rotatable bonds is 4. The molecular weight excluding hydrogens is 288 g/mol. The van der Waals surface area contributed by atoms with Gasteiger partial charge in [0.25, 0.3) is 5.91 Å². The van der Waals surface area contributed by atoms with Crippen LogP contribution in [0.4, 0.5) is 11.5 Å². The zero-order valence-electron chi connectivity index (χ0n) is 13.8. The van der Waals surface area contributed by atoms with Crippen LogP contribution < -0.4 is 10.6 Å². The summed E-state index contributed by atoms with van der Waals surface area (Å²) in [5.74, 6) is 0.470. The molecule has 5 heteroatoms. The summed E-state index contributed by atoms with van der Waals surface area (Å²) in [6.45, 7) is 6.48. The van der Waals surface area contributed by atoms with Crippen LogP contribution >= 0.6 is 0 Å². The van der Waals surface area contributed by atoms with E-state index in [2.05, 4.69) is 41.4 Å². The smallest absolute Gasteiger partial charge is 0.275 e. The Morgan fingerprint density at radius 3 is 2.30 bits per heavy atom. The molecule has 1 amide bonds. The molecule has 1 aliphatic rings. The van der Waals surface area contributed by atoms with Crippen molar-refractivity contribution in [3.8, 4) is 0 Å². The van der Waals surface area contributed by atoms with Gasteiger partial charge in [-0.25, -0.2) is 9.97 Å². The zero-order valence-corrected chi connectivity index (χ0v) is 13.8. The number of carbonyl (C=O) groups is 1. The average Bonchev–Trinajstić information content (AvgIpc) is 3.31. The normalized spacial score (nSPS) is 14.4. The lowest BCUT2D eigenvalue weighted by molar-refractivity contribution is 0.102. The summed E-state index contributed by atoms with van der Waals surface area (Å²) in [5, 5.41) is 6.09. The van der Waals surface area contributed by atoms with Crippen LogP contribution in [0.2, 0.25) is 0 Å². The van der Waals surface area contributed by atoms with E-state index in [0.29, 0.717) is 11.7 Å². The maximum Gasteiger partial charge on any atom is 0.275 e. The highest BCUT2D eigenvalue weighted by molar-refractivity contribution is 6.02. The molecule has 1 fully saturated rings. The van der Waals surface area contributed by atoms with Gasteiger partial charge in [0.2, 0.25) is 0 Å². The second-order valence-electron chi connectivity index (χ2n) is 6.99. The number of nitrogens with one attached hydrogen (secondary N) is 2. The third-order valence-corrected chi connectivity index (χ3v) is 3.82. The van der Waals surface area contributed by atoms with Gasteiger partial charge in [-0.1, -0.05) is 32.9 Å². The average molecular weight is 310 g/mol. The highest BCUT2D eigenvalue weighted by Crippen LogP contribution is 2.24. The minimum absolute atomic E-state index is 0.0956. The van der Waals surface area contributed by atoms with Gasteiger partial charge < -0.3 is 10.6 Å². The molecule has 1 aliphatic carbocycles. The summed E-state index contributed by atoms with van der Waals surface area (Å²) < 4.78 is 0. The van der Waals surface area contributed by atoms with Crippen molar-refractivity contribution in [1.29, 1.82) is 0 Å². The van der Waals surface area contributed by atoms with Crippen molar-refractivity contribution >= 4 is 17.4 Å². The molecule has 3 rings (SSSR count). The van der Waals surface area contributed by atoms with Crippen LogP contribution in [0.1, 0.15) is 49.7 Å². The Bertz CT molecular complexity index is 682. The van der Waals surface area contributed by atoms with Crippen LogP contribution in [0.15, 0.2) is 36.7 Å². The molecule has 0 unspecified atom stereocenters. The van der Waals surface area contributed by atoms with Crippen LogP contribution in [0.3, 0.4) is 0 Å². The number of hydrogen-bond donors (Lipinski definition) is 2. The summed E-state index contributed by atoms with van der Waals surface area (Å²) in [6, 6.07) is 8.41. The molecule has 0 spiro atoms. The summed E-state index contributed by atoms with van der Waals surface area (Å²) >= 11 is 0. The molecule has 5 nitrogen and oxygen atoms in total. The Kier molecular flexibility index (Phi) is 4.03. The number of nitrogens with zero attached hydrogens (tertiary/aromatic N) is 2. The maximum absolute atomic E-state index is 12.2. The van der Waals surface area contributed by atoms with Gasteiger partial charge in [0.05, 0.1) is 12.4 Å². The second-order valence-corrected chi connectivity index (χ2v) is 6.99. The molecule has 0 aliphatic heterocycles. The lowest BCUT2D eigenvalue weighted by Crippen LogP contribution is -2.15. The molecule has 2 N–H and O–H groups in total. The Morgan fingerprint density at radius 2 is 1.78 bits per heavy atom. The number of benzene rings is 1. The Labute approximate surface area is 136 Å². The summed E-state index contributed by atoms with van der Waals surface area (Å²) in [5.41, 5.74) is 2.39. The number of carbonyl (C=O) groups excluding carboxylic acids is 1. The second kappa shape index (κ2) is 5.99. The molecule has 2 aromatic rings. The highest BCUT2D eigenvalue weighted by atomic mass is 16.1. The van der Waals surface area contributed by atoms with Crippen LogP contribution in [0, 0.1) is 0 Å². The van der Waals surface area contributed by atoms with E-state index in [1.54, 1.807) is 6.20 Å². The van der Waals surface area contributed by atoms with Crippen LogP contribution in [-0.2, 0) is 5.41 Å². The molecule has 0 saturated heterocycles. The van der Waals surface area contributed by atoms with Gasteiger partial charge in [-0.3, -0.25) is 4.79 Å². The SMILES string of the molecule is CC(C)(C)c1ccc(NC(=O)c2cnc(NC3CC3)cn2)cc1. The van der Waals surface area contributed by atoms with Crippen LogP contribution in [0.25, 0.3) is 0 Å². The van der Waals surface area contributed by atoms with E-state index in [0.717, 1.165) is 11.5 Å². The van der Waals surface area contributed by atoms with Crippen molar-refractivity contribution in [2.75, 3.05) is 10.6 Å². The Hall–Kier alpha value is -2.43. The monoisotopic (exact) mass is 310 g/mol. The van der Waals surface area contributed by atoms with Crippen molar-refractivity contribution in [2.45, 2.75) is 45.1 Å². The largest absolute Gasteiger partial charge is 0.366 e. The van der Waals surface area contributed by atoms with E-state index >= 15 is 0 Å². The third kappa shape index (κ3) is 4.06. The first-order valence-electron chi connectivity index (χ1n) is 7.92. The fraction of sp³-hybridized carbons (Fsp3) is 0.389. The Balaban J connectivity index is 1.63. The minimum Gasteiger partial charge on any atom is -0.366 e. The van der Waals surface area contributed by atoms with Crippen LogP contribution in [0.5, 0.6) is 0 Å². The molecule has 1 aromatic heterocycles. The van der Waals surface area contributed by atoms with Crippen molar-refractivity contribution in [1.82, 2.24) is 9.97 Å². The van der Waals surface area contributed by atoms with E-state index in [4.69, 9.17) is 0 Å². The van der Waals surface area contributed by atoms with Gasteiger partial charge in [-0.2, -0.15) is 0 Å². The van der Waals surface area contributed by atoms with E-state index in [1.807, 2.05) is 24.3 Å². The fourth-order valence-corrected chi connectivity index (χ4v) is 2.21. The van der Waals surface area contributed by atoms with E-state index in [-0.39, 0.29) is 11.3 Å². The number of hydrogen-bond acceptors (Lipinski definition) is 4. The molecule has 0 atom stereocenters. The first kappa shape index (κ1) is 15.5. The summed E-state index contributed by atoms with van der Waals surface area (Å²) in [4.78, 5) is 20.6. The van der Waals surface area contributed by atoms with Crippen LogP contribution in [-0.4, -0.2) is 21.9 Å². The van der Waals surface area contributed by atoms with Gasteiger partial charge in [-0.05, 0) is 36.0 Å². The Morgan fingerprint density at radius 1 is 1.09 bits per heavy atom. The summed E-state index contributed by atoms with van der Waals surface area (Å²) in [7, 11) is 0. The third-order valence-electron chi connectivity index (χ3n) is 3.82. The van der Waals surface area contributed by atoms with E-state index in [9.17, 15) is 4.79 Å². The summed E-state index contributed by atoms with van der Waals surface area (Å²) in [6.07, 6.45) is 5.46. The predicted molar refractivity (Wildman–Crippen MR) is 91.8 cm³/mol. The highest BCUT2D eigenvalue weighted by Gasteiger charge is 2.21. The van der Waals surface area contributed by atoms with Crippen molar-refractivity contribution in [3.63, 3.8) is 0 Å². The molecular formula is C18H22N4O. The quantitative estimate of drug-likeness (QED) is 0.905. The number of amides is 1. The molecule has 0 radical (unpaired) electrons. The first-order chi connectivity index (χ1) is 10.9. The topological polar surface area (TPSA) is 66.9 Å².